The second kappa shape index (κ2) is 23.0. The minimum absolute atomic E-state index is 0.0126. The maximum atomic E-state index is 14.9. The molecular formula is C54H65F17N2O4. The highest BCUT2D eigenvalue weighted by Gasteiger charge is 2.93. The minimum atomic E-state index is -8.42. The Hall–Kier alpha value is -4.34. The van der Waals surface area contributed by atoms with E-state index in [9.17, 15) is 79.4 Å². The standard InChI is InChI=1S/C54H65F17N2O4/c1-31(2)11-10-12-32(3)38-20-21-39-37-19-14-33-29-36(24-26-46(33,4)40(37)25-27-47(38,39)5)77-43(74)13-8-6-7-9-28-75-42-23-22-41(44(55)45(42)56)73-72-34-15-17-35(18-16-34)76-30-48(57,58)49(59,60)50(61,62)51(63,64)52(65,66)53(67,68)54(69,70)71/h14-18,22-23,31-32,36-40H,6-13,19-21,24-30H2,1-5H3/t32-,36+,37+,38-,39+,40+,46+,47-/m1/s1. The van der Waals surface area contributed by atoms with Gasteiger partial charge in [-0.05, 0) is 141 Å². The lowest BCUT2D eigenvalue weighted by Crippen LogP contribution is -2.73. The fourth-order valence-electron chi connectivity index (χ4n) is 12.6. The van der Waals surface area contributed by atoms with Gasteiger partial charge in [-0.2, -0.15) is 75.4 Å². The van der Waals surface area contributed by atoms with Gasteiger partial charge >= 0.3 is 47.7 Å². The summed E-state index contributed by atoms with van der Waals surface area (Å²) in [5, 5.41) is 7.03. The molecule has 2 aromatic rings. The first-order valence-electron chi connectivity index (χ1n) is 26.1. The molecule has 4 aliphatic rings. The molecule has 0 saturated heterocycles. The summed E-state index contributed by atoms with van der Waals surface area (Å²) >= 11 is 0. The molecule has 4 aliphatic carbocycles. The molecule has 0 aliphatic heterocycles. The van der Waals surface area contributed by atoms with Crippen LogP contribution in [0.5, 0.6) is 11.5 Å². The average Bonchev–Trinajstić information content (AvgIpc) is 3.71. The largest absolute Gasteiger partial charge is 0.490 e. The lowest BCUT2D eigenvalue weighted by molar-refractivity contribution is -0.453. The lowest BCUT2D eigenvalue weighted by Gasteiger charge is -2.58. The quantitative estimate of drug-likeness (QED) is 0.0345. The molecule has 6 nitrogen and oxygen atoms in total. The first-order chi connectivity index (χ1) is 35.6. The van der Waals surface area contributed by atoms with E-state index in [4.69, 9.17) is 9.47 Å². The van der Waals surface area contributed by atoms with Crippen molar-refractivity contribution in [3.63, 3.8) is 0 Å². The van der Waals surface area contributed by atoms with Gasteiger partial charge in [0.2, 0.25) is 5.82 Å². The van der Waals surface area contributed by atoms with E-state index < -0.39 is 77.1 Å². The van der Waals surface area contributed by atoms with Crippen molar-refractivity contribution in [1.82, 2.24) is 0 Å². The second-order valence-corrected chi connectivity index (χ2v) is 22.4. The van der Waals surface area contributed by atoms with E-state index in [0.29, 0.717) is 55.1 Å². The Kier molecular flexibility index (Phi) is 18.5. The molecular weight excluding hydrogens is 1060 g/mol. The van der Waals surface area contributed by atoms with Crippen molar-refractivity contribution in [2.45, 2.75) is 185 Å². The summed E-state index contributed by atoms with van der Waals surface area (Å²) in [6.45, 7) is 9.10. The van der Waals surface area contributed by atoms with Crippen LogP contribution >= 0.6 is 0 Å². The monoisotopic (exact) mass is 1130 g/mol. The molecule has 23 heteroatoms. The molecule has 0 heterocycles. The topological polar surface area (TPSA) is 69.5 Å². The van der Waals surface area contributed by atoms with Crippen molar-refractivity contribution >= 4 is 17.3 Å². The molecule has 2 aromatic carbocycles. The number of benzene rings is 2. The smallest absolute Gasteiger partial charge is 0.460 e. The molecule has 434 valence electrons. The third-order valence-corrected chi connectivity index (χ3v) is 17.0. The van der Waals surface area contributed by atoms with Gasteiger partial charge in [0, 0.05) is 12.8 Å². The summed E-state index contributed by atoms with van der Waals surface area (Å²) in [5.41, 5.74) is 1.00. The van der Waals surface area contributed by atoms with E-state index in [-0.39, 0.29) is 36.2 Å². The number of rotatable bonds is 24. The summed E-state index contributed by atoms with van der Waals surface area (Å²) in [6, 6.07) is 4.75. The molecule has 8 atom stereocenters. The highest BCUT2D eigenvalue weighted by molar-refractivity contribution is 5.69. The second-order valence-electron chi connectivity index (χ2n) is 22.4. The summed E-state index contributed by atoms with van der Waals surface area (Å²) in [7, 11) is 0. The summed E-state index contributed by atoms with van der Waals surface area (Å²) in [4.78, 5) is 12.9. The number of unbranched alkanes of at least 4 members (excludes halogenated alkanes) is 3. The molecule has 3 saturated carbocycles. The number of alkyl halides is 15. The summed E-state index contributed by atoms with van der Waals surface area (Å²) in [6.07, 6.45) is 9.99. The van der Waals surface area contributed by atoms with Gasteiger partial charge in [0.1, 0.15) is 17.5 Å². The van der Waals surface area contributed by atoms with Crippen LogP contribution in [-0.2, 0) is 9.53 Å². The number of hydrogen-bond donors (Lipinski definition) is 0. The van der Waals surface area contributed by atoms with E-state index in [1.807, 2.05) is 0 Å². The van der Waals surface area contributed by atoms with Gasteiger partial charge in [-0.25, -0.2) is 4.39 Å². The molecule has 3 fully saturated rings. The van der Waals surface area contributed by atoms with E-state index >= 15 is 0 Å². The number of hydrogen-bond acceptors (Lipinski definition) is 6. The third-order valence-electron chi connectivity index (χ3n) is 17.0. The van der Waals surface area contributed by atoms with Crippen LogP contribution in [0.25, 0.3) is 0 Å². The van der Waals surface area contributed by atoms with Crippen molar-refractivity contribution in [1.29, 1.82) is 0 Å². The van der Waals surface area contributed by atoms with Gasteiger partial charge in [0.15, 0.2) is 18.2 Å². The first kappa shape index (κ1) is 61.9. The number of esters is 1. The maximum Gasteiger partial charge on any atom is 0.460 e. The van der Waals surface area contributed by atoms with Crippen molar-refractivity contribution < 1.29 is 93.6 Å². The van der Waals surface area contributed by atoms with Gasteiger partial charge in [0.05, 0.1) is 12.3 Å². The molecule has 0 bridgehead atoms. The number of carbonyl (C=O) groups is 1. The summed E-state index contributed by atoms with van der Waals surface area (Å²) < 4.78 is 247. The third kappa shape index (κ3) is 12.1. The van der Waals surface area contributed by atoms with E-state index in [2.05, 4.69) is 55.7 Å². The highest BCUT2D eigenvalue weighted by Crippen LogP contribution is 2.68. The normalized spacial score (nSPS) is 26.0. The summed E-state index contributed by atoms with van der Waals surface area (Å²) in [5.74, 6) is -47.7. The SMILES string of the molecule is CC(C)CCC[C@@H](C)[C@H]1CC[C@H]2[C@@H]3CC=C4C[C@@H](OC(=O)CCCCCCOc5ccc(N=Nc6ccc(OCC(F)(F)C(F)(F)C(F)(F)C(F)(F)C(F)(F)C(F)(F)C(F)(F)F)cc6)c(F)c5F)CC[C@]4(C)[C@H]3CC[C@]12C. The maximum absolute atomic E-state index is 14.9. The van der Waals surface area contributed by atoms with Crippen LogP contribution in [-0.4, -0.2) is 67.0 Å². The molecule has 0 N–H and O–H groups in total. The first-order valence-corrected chi connectivity index (χ1v) is 26.1. The lowest BCUT2D eigenvalue weighted by atomic mass is 9.47. The van der Waals surface area contributed by atoms with Crippen LogP contribution in [0.2, 0.25) is 0 Å². The molecule has 77 heavy (non-hydrogen) atoms. The van der Waals surface area contributed by atoms with Crippen LogP contribution in [0, 0.1) is 58.0 Å². The van der Waals surface area contributed by atoms with E-state index in [0.717, 1.165) is 73.6 Å². The van der Waals surface area contributed by atoms with Gasteiger partial charge < -0.3 is 14.2 Å². The van der Waals surface area contributed by atoms with Gasteiger partial charge in [-0.1, -0.05) is 78.4 Å². The number of halogens is 17. The Balaban J connectivity index is 0.900. The van der Waals surface area contributed by atoms with Gasteiger partial charge in [-0.3, -0.25) is 4.79 Å². The predicted octanol–water partition coefficient (Wildman–Crippen LogP) is 18.4. The molecule has 0 amide bonds. The van der Waals surface area contributed by atoms with E-state index in [1.54, 1.807) is 0 Å². The van der Waals surface area contributed by atoms with Crippen LogP contribution < -0.4 is 9.47 Å². The molecule has 0 unspecified atom stereocenters. The zero-order valence-electron chi connectivity index (χ0n) is 43.3. The van der Waals surface area contributed by atoms with Crippen molar-refractivity contribution in [2.24, 2.45) is 56.6 Å². The number of allylic oxidation sites excluding steroid dienone is 1. The van der Waals surface area contributed by atoms with Crippen molar-refractivity contribution in [2.75, 3.05) is 13.2 Å². The molecule has 0 spiro atoms. The van der Waals surface area contributed by atoms with Crippen molar-refractivity contribution in [3.05, 3.63) is 59.7 Å². The van der Waals surface area contributed by atoms with Crippen LogP contribution in [0.15, 0.2) is 58.3 Å². The van der Waals surface area contributed by atoms with Crippen LogP contribution in [0.3, 0.4) is 0 Å². The Labute approximate surface area is 436 Å². The number of ether oxygens (including phenoxy) is 3. The average molecular weight is 1130 g/mol. The van der Waals surface area contributed by atoms with Crippen LogP contribution in [0.1, 0.15) is 137 Å². The van der Waals surface area contributed by atoms with Crippen LogP contribution in [0.4, 0.5) is 86.0 Å². The zero-order valence-corrected chi connectivity index (χ0v) is 43.3. The zero-order chi connectivity index (χ0) is 57.4. The van der Waals surface area contributed by atoms with E-state index in [1.165, 1.54) is 50.5 Å². The molecule has 6 rings (SSSR count). The Morgan fingerprint density at radius 3 is 1.95 bits per heavy atom. The number of carbonyl (C=O) groups excluding carboxylic acids is 1. The fraction of sp³-hybridized carbons (Fsp3) is 0.722. The molecule has 0 radical (unpaired) electrons. The Morgan fingerprint density at radius 2 is 1.30 bits per heavy atom. The number of azo groups is 1. The van der Waals surface area contributed by atoms with Gasteiger partial charge in [-0.15, -0.1) is 5.11 Å². The molecule has 0 aromatic heterocycles. The Morgan fingerprint density at radius 1 is 0.662 bits per heavy atom. The highest BCUT2D eigenvalue weighted by atomic mass is 19.4. The van der Waals surface area contributed by atoms with Gasteiger partial charge in [0.25, 0.3) is 0 Å². The minimum Gasteiger partial charge on any atom is -0.490 e. The predicted molar refractivity (Wildman–Crippen MR) is 250 cm³/mol. The fourth-order valence-corrected chi connectivity index (χ4v) is 12.6. The van der Waals surface area contributed by atoms with Crippen molar-refractivity contribution in [3.8, 4) is 11.5 Å². The Bertz CT molecular complexity index is 2410. The number of nitrogens with zero attached hydrogens (tertiary/aromatic N) is 2. The number of fused-ring (bicyclic) bond motifs is 5.